The van der Waals surface area contributed by atoms with Crippen molar-refractivity contribution < 1.29 is 0 Å². The average Bonchev–Trinajstić information content (AvgIpc) is 2.63. The summed E-state index contributed by atoms with van der Waals surface area (Å²) < 4.78 is 0. The highest BCUT2D eigenvalue weighted by atomic mass is 32.1. The Kier molecular flexibility index (Phi) is 4.21. The van der Waals surface area contributed by atoms with Crippen molar-refractivity contribution in [2.24, 2.45) is 11.8 Å². The molecular weight excluding hydrogens is 228 g/mol. The molecule has 1 saturated carbocycles. The van der Waals surface area contributed by atoms with Crippen LogP contribution in [0.2, 0.25) is 0 Å². The Morgan fingerprint density at radius 2 is 1.94 bits per heavy atom. The lowest BCUT2D eigenvalue weighted by Crippen LogP contribution is -2.37. The lowest BCUT2D eigenvalue weighted by Gasteiger charge is -2.33. The predicted molar refractivity (Wildman–Crippen MR) is 74.4 cm³/mol. The third kappa shape index (κ3) is 3.52. The number of thiazole rings is 1. The van der Waals surface area contributed by atoms with E-state index in [4.69, 9.17) is 0 Å². The van der Waals surface area contributed by atoms with E-state index in [1.165, 1.54) is 29.1 Å². The molecule has 17 heavy (non-hydrogen) atoms. The summed E-state index contributed by atoms with van der Waals surface area (Å²) in [5.41, 5.74) is 0. The minimum absolute atomic E-state index is 0.399. The number of hydrogen-bond donors (Lipinski definition) is 1. The van der Waals surface area contributed by atoms with E-state index in [-0.39, 0.29) is 0 Å². The molecule has 1 N–H and O–H groups in total. The molecule has 1 heterocycles. The summed E-state index contributed by atoms with van der Waals surface area (Å²) in [6, 6.07) is 1.07. The van der Waals surface area contributed by atoms with Crippen molar-refractivity contribution in [2.45, 2.75) is 59.0 Å². The minimum atomic E-state index is 0.399. The summed E-state index contributed by atoms with van der Waals surface area (Å²) in [5.74, 6) is 1.72. The second kappa shape index (κ2) is 5.49. The molecule has 2 nitrogen and oxygen atoms in total. The van der Waals surface area contributed by atoms with Crippen LogP contribution in [-0.2, 0) is 0 Å². The van der Waals surface area contributed by atoms with Crippen molar-refractivity contribution in [3.8, 4) is 0 Å². The molecule has 1 aromatic heterocycles. The van der Waals surface area contributed by atoms with E-state index in [0.717, 1.165) is 11.8 Å². The Balaban J connectivity index is 1.92. The summed E-state index contributed by atoms with van der Waals surface area (Å²) in [6.07, 6.45) is 6.01. The molecule has 96 valence electrons. The molecule has 2 rings (SSSR count). The monoisotopic (exact) mass is 252 g/mol. The number of rotatable bonds is 3. The van der Waals surface area contributed by atoms with Crippen LogP contribution in [-0.4, -0.2) is 11.0 Å². The lowest BCUT2D eigenvalue weighted by molar-refractivity contribution is 0.228. The van der Waals surface area contributed by atoms with Crippen molar-refractivity contribution in [1.29, 1.82) is 0 Å². The van der Waals surface area contributed by atoms with Gasteiger partial charge in [-0.2, -0.15) is 0 Å². The maximum atomic E-state index is 4.48. The molecule has 0 radical (unpaired) electrons. The molecule has 3 unspecified atom stereocenters. The number of aryl methyl sites for hydroxylation is 1. The second-order valence-electron chi connectivity index (χ2n) is 5.81. The summed E-state index contributed by atoms with van der Waals surface area (Å²) in [5, 5.41) is 4.99. The van der Waals surface area contributed by atoms with Gasteiger partial charge in [0.2, 0.25) is 0 Å². The normalized spacial score (nSPS) is 31.4. The smallest absolute Gasteiger partial charge is 0.109 e. The Bertz CT molecular complexity index is 351. The molecule has 0 spiro atoms. The maximum Gasteiger partial charge on any atom is 0.109 e. The zero-order chi connectivity index (χ0) is 12.4. The summed E-state index contributed by atoms with van der Waals surface area (Å²) in [6.45, 7) is 9.12. The molecule has 1 aliphatic rings. The van der Waals surface area contributed by atoms with Gasteiger partial charge in [-0.25, -0.2) is 4.98 Å². The van der Waals surface area contributed by atoms with Crippen molar-refractivity contribution in [2.75, 3.05) is 0 Å². The Labute approximate surface area is 109 Å². The van der Waals surface area contributed by atoms with Crippen LogP contribution in [0.5, 0.6) is 0 Å². The molecule has 3 atom stereocenters. The first-order valence-electron chi connectivity index (χ1n) is 6.73. The van der Waals surface area contributed by atoms with Crippen LogP contribution in [0.25, 0.3) is 0 Å². The quantitative estimate of drug-likeness (QED) is 0.881. The van der Waals surface area contributed by atoms with Crippen LogP contribution >= 0.6 is 11.3 Å². The average molecular weight is 252 g/mol. The van der Waals surface area contributed by atoms with Gasteiger partial charge in [0.1, 0.15) is 5.01 Å². The maximum absolute atomic E-state index is 4.48. The minimum Gasteiger partial charge on any atom is -0.305 e. The van der Waals surface area contributed by atoms with Gasteiger partial charge >= 0.3 is 0 Å². The van der Waals surface area contributed by atoms with Gasteiger partial charge in [-0.1, -0.05) is 13.8 Å². The van der Waals surface area contributed by atoms with Crippen LogP contribution in [0, 0.1) is 18.8 Å². The van der Waals surface area contributed by atoms with E-state index in [1.54, 1.807) is 0 Å². The molecule has 1 aromatic rings. The Morgan fingerprint density at radius 3 is 2.47 bits per heavy atom. The molecule has 3 heteroatoms. The van der Waals surface area contributed by atoms with Gasteiger partial charge in [-0.15, -0.1) is 11.3 Å². The summed E-state index contributed by atoms with van der Waals surface area (Å²) >= 11 is 1.81. The Hall–Kier alpha value is -0.410. The van der Waals surface area contributed by atoms with Gasteiger partial charge in [0.15, 0.2) is 0 Å². The molecule has 0 aromatic carbocycles. The van der Waals surface area contributed by atoms with Crippen molar-refractivity contribution in [1.82, 2.24) is 10.3 Å². The van der Waals surface area contributed by atoms with E-state index in [9.17, 15) is 0 Å². The fraction of sp³-hybridized carbons (Fsp3) is 0.786. The van der Waals surface area contributed by atoms with E-state index in [0.29, 0.717) is 12.1 Å². The highest BCUT2D eigenvalue weighted by Gasteiger charge is 2.25. The van der Waals surface area contributed by atoms with E-state index >= 15 is 0 Å². The summed E-state index contributed by atoms with van der Waals surface area (Å²) in [4.78, 5) is 5.78. The van der Waals surface area contributed by atoms with Crippen molar-refractivity contribution in [3.05, 3.63) is 16.1 Å². The highest BCUT2D eigenvalue weighted by Crippen LogP contribution is 2.30. The van der Waals surface area contributed by atoms with E-state index in [1.807, 2.05) is 17.5 Å². The SMILES string of the molecule is Cc1cnc(C(C)NC2CC(C)CC(C)C2)s1. The van der Waals surface area contributed by atoms with Crippen LogP contribution in [0.3, 0.4) is 0 Å². The fourth-order valence-electron chi connectivity index (χ4n) is 3.08. The van der Waals surface area contributed by atoms with E-state index < -0.39 is 0 Å². The first-order valence-corrected chi connectivity index (χ1v) is 7.54. The number of hydrogen-bond acceptors (Lipinski definition) is 3. The van der Waals surface area contributed by atoms with Crippen LogP contribution < -0.4 is 5.32 Å². The zero-order valence-electron chi connectivity index (χ0n) is 11.4. The largest absolute Gasteiger partial charge is 0.305 e. The second-order valence-corrected chi connectivity index (χ2v) is 7.08. The number of nitrogens with zero attached hydrogens (tertiary/aromatic N) is 1. The van der Waals surface area contributed by atoms with Gasteiger partial charge < -0.3 is 5.32 Å². The van der Waals surface area contributed by atoms with Gasteiger partial charge in [0.05, 0.1) is 6.04 Å². The topological polar surface area (TPSA) is 24.9 Å². The molecule has 1 aliphatic carbocycles. The van der Waals surface area contributed by atoms with Crippen LogP contribution in [0.15, 0.2) is 6.20 Å². The number of aromatic nitrogens is 1. The lowest BCUT2D eigenvalue weighted by atomic mass is 9.80. The first-order chi connectivity index (χ1) is 8.04. The van der Waals surface area contributed by atoms with Crippen LogP contribution in [0.1, 0.15) is 56.0 Å². The fourth-order valence-corrected chi connectivity index (χ4v) is 3.87. The molecule has 0 bridgehead atoms. The molecule has 0 saturated heterocycles. The predicted octanol–water partition coefficient (Wildman–Crippen LogP) is 3.93. The van der Waals surface area contributed by atoms with E-state index in [2.05, 4.69) is 38.0 Å². The van der Waals surface area contributed by atoms with Gasteiger partial charge in [-0.05, 0) is 44.9 Å². The standard InChI is InChI=1S/C14H24N2S/c1-9-5-10(2)7-13(6-9)16-12(4)14-15-8-11(3)17-14/h8-10,12-13,16H,5-7H2,1-4H3. The molecule has 0 aliphatic heterocycles. The third-order valence-corrected chi connectivity index (χ3v) is 4.77. The van der Waals surface area contributed by atoms with Gasteiger partial charge in [0.25, 0.3) is 0 Å². The first kappa shape index (κ1) is 13.0. The van der Waals surface area contributed by atoms with Crippen molar-refractivity contribution >= 4 is 11.3 Å². The third-order valence-electron chi connectivity index (χ3n) is 3.67. The highest BCUT2D eigenvalue weighted by molar-refractivity contribution is 7.11. The van der Waals surface area contributed by atoms with Gasteiger partial charge in [-0.3, -0.25) is 0 Å². The van der Waals surface area contributed by atoms with Crippen LogP contribution in [0.4, 0.5) is 0 Å². The molecule has 0 amide bonds. The molecule has 1 fully saturated rings. The zero-order valence-corrected chi connectivity index (χ0v) is 12.2. The Morgan fingerprint density at radius 1 is 1.29 bits per heavy atom. The van der Waals surface area contributed by atoms with Crippen molar-refractivity contribution in [3.63, 3.8) is 0 Å². The van der Waals surface area contributed by atoms with Gasteiger partial charge in [0, 0.05) is 17.1 Å². The number of nitrogens with one attached hydrogen (secondary N) is 1. The summed E-state index contributed by atoms with van der Waals surface area (Å²) in [7, 11) is 0. The molecular formula is C14H24N2S.